The van der Waals surface area contributed by atoms with Crippen molar-refractivity contribution in [1.82, 2.24) is 29.4 Å². The van der Waals surface area contributed by atoms with Gasteiger partial charge in [-0.3, -0.25) is 9.69 Å². The van der Waals surface area contributed by atoms with Gasteiger partial charge in [-0.15, -0.1) is 0 Å². The average molecular weight is 678 g/mol. The Balaban J connectivity index is 0.000000930. The summed E-state index contributed by atoms with van der Waals surface area (Å²) >= 11 is 6.28. The number of carbonyl (C=O) groups excluding carboxylic acids is 2. The fraction of sp³-hybridized carbons (Fsp3) is 0.333. The van der Waals surface area contributed by atoms with Gasteiger partial charge >= 0.3 is 12.6 Å². The molecule has 250 valence electrons. The van der Waals surface area contributed by atoms with Crippen LogP contribution in [0.25, 0.3) is 16.8 Å². The molecule has 2 aromatic heterocycles. The second-order valence-corrected chi connectivity index (χ2v) is 12.3. The van der Waals surface area contributed by atoms with Gasteiger partial charge in [0.1, 0.15) is 12.9 Å². The SMILES string of the molecule is CC(C)(C)C.NC(=O)OC[C@H](c1ccc(Cl)c(-n2ncnc2C(F)F)c1)N1C(=O)[C@@H](c2ccc(-c3cnn(C(F)F)c3)cc2)N=C1N. The number of ether oxygens (including phenoxy) is 1. The lowest BCUT2D eigenvalue weighted by molar-refractivity contribution is -0.129. The van der Waals surface area contributed by atoms with Gasteiger partial charge in [0.2, 0.25) is 0 Å². The van der Waals surface area contributed by atoms with E-state index in [1.807, 2.05) is 0 Å². The number of alkyl halides is 4. The normalized spacial score (nSPS) is 15.5. The maximum Gasteiger partial charge on any atom is 0.404 e. The van der Waals surface area contributed by atoms with Crippen molar-refractivity contribution in [3.8, 4) is 16.8 Å². The van der Waals surface area contributed by atoms with Crippen molar-refractivity contribution in [2.24, 2.45) is 21.9 Å². The molecule has 12 nitrogen and oxygen atoms in total. The van der Waals surface area contributed by atoms with Gasteiger partial charge in [-0.25, -0.2) is 32.9 Å². The molecule has 0 aliphatic carbocycles. The molecule has 0 spiro atoms. The monoisotopic (exact) mass is 677 g/mol. The van der Waals surface area contributed by atoms with Crippen molar-refractivity contribution in [3.63, 3.8) is 0 Å². The van der Waals surface area contributed by atoms with E-state index in [1.54, 1.807) is 24.3 Å². The number of nitrogens with two attached hydrogens (primary N) is 2. The first-order valence-corrected chi connectivity index (χ1v) is 14.4. The first-order chi connectivity index (χ1) is 22.0. The summed E-state index contributed by atoms with van der Waals surface area (Å²) in [4.78, 5) is 34.1. The number of hydrogen-bond donors (Lipinski definition) is 2. The smallest absolute Gasteiger partial charge is 0.404 e. The molecule has 17 heteroatoms. The van der Waals surface area contributed by atoms with Crippen LogP contribution < -0.4 is 11.5 Å². The Kier molecular flexibility index (Phi) is 10.5. The van der Waals surface area contributed by atoms with Crippen LogP contribution in [0.3, 0.4) is 0 Å². The van der Waals surface area contributed by atoms with E-state index in [2.05, 4.69) is 47.9 Å². The van der Waals surface area contributed by atoms with E-state index in [4.69, 9.17) is 27.8 Å². The molecule has 47 heavy (non-hydrogen) atoms. The molecular formula is C30H32ClF4N9O3. The first kappa shape index (κ1) is 34.9. The third kappa shape index (κ3) is 8.44. The lowest BCUT2D eigenvalue weighted by Crippen LogP contribution is -2.43. The molecule has 1 aliphatic heterocycles. The molecule has 0 saturated carbocycles. The highest BCUT2D eigenvalue weighted by Crippen LogP contribution is 2.35. The molecule has 0 unspecified atom stereocenters. The highest BCUT2D eigenvalue weighted by atomic mass is 35.5. The van der Waals surface area contributed by atoms with Crippen molar-refractivity contribution in [2.45, 2.75) is 52.8 Å². The summed E-state index contributed by atoms with van der Waals surface area (Å²) in [5, 5.41) is 7.49. The third-order valence-electron chi connectivity index (χ3n) is 6.39. The molecule has 2 atom stereocenters. The molecule has 4 N–H and O–H groups in total. The van der Waals surface area contributed by atoms with Crippen LogP contribution >= 0.6 is 11.6 Å². The molecule has 3 heterocycles. The molecule has 1 aliphatic rings. The minimum atomic E-state index is -2.96. The molecule has 0 fully saturated rings. The summed E-state index contributed by atoms with van der Waals surface area (Å²) in [5.41, 5.74) is 13.6. The average Bonchev–Trinajstić information content (AvgIpc) is 3.73. The van der Waals surface area contributed by atoms with Crippen molar-refractivity contribution < 1.29 is 31.9 Å². The van der Waals surface area contributed by atoms with E-state index in [-0.39, 0.29) is 22.2 Å². The van der Waals surface area contributed by atoms with Crippen LogP contribution in [0.2, 0.25) is 5.02 Å². The number of aromatic nitrogens is 5. The fourth-order valence-corrected chi connectivity index (χ4v) is 4.64. The van der Waals surface area contributed by atoms with Crippen LogP contribution in [-0.2, 0) is 9.53 Å². The van der Waals surface area contributed by atoms with E-state index in [0.717, 1.165) is 15.9 Å². The van der Waals surface area contributed by atoms with Gasteiger partial charge in [0.05, 0.1) is 22.9 Å². The standard InChI is InChI=1S/C25H20ClF4N9O3.C5H12/c26-16-6-5-14(7-17(16)39-21(20(27)28)33-11-35-39)18(10-42-25(32)41)38-22(40)19(36-24(38)31)13-3-1-12(2-4-13)15-8-34-37(9-15)23(29)30;1-5(2,3)4/h1-9,11,18-20,23H,10H2,(H2,31,36)(H2,32,41);1-4H3/t18-,19-;/m1./s1. The maximum absolute atomic E-state index is 13.6. The minimum absolute atomic E-state index is 0.0236. The van der Waals surface area contributed by atoms with Crippen molar-refractivity contribution in [2.75, 3.05) is 6.61 Å². The fourth-order valence-electron chi connectivity index (χ4n) is 4.44. The van der Waals surface area contributed by atoms with E-state index in [1.165, 1.54) is 30.6 Å². The number of rotatable bonds is 9. The molecule has 4 aromatic rings. The summed E-state index contributed by atoms with van der Waals surface area (Å²) < 4.78 is 59.1. The minimum Gasteiger partial charge on any atom is -0.447 e. The van der Waals surface area contributed by atoms with Gasteiger partial charge in [-0.2, -0.15) is 19.0 Å². The van der Waals surface area contributed by atoms with Crippen LogP contribution in [0.5, 0.6) is 0 Å². The highest BCUT2D eigenvalue weighted by Gasteiger charge is 2.40. The summed E-state index contributed by atoms with van der Waals surface area (Å²) in [5.74, 6) is -1.47. The van der Waals surface area contributed by atoms with E-state index in [9.17, 15) is 27.2 Å². The predicted molar refractivity (Wildman–Crippen MR) is 165 cm³/mol. The number of halogens is 5. The van der Waals surface area contributed by atoms with Crippen LogP contribution in [0.4, 0.5) is 22.4 Å². The van der Waals surface area contributed by atoms with Gasteiger partial charge in [-0.05, 0) is 34.2 Å². The van der Waals surface area contributed by atoms with Gasteiger partial charge < -0.3 is 16.2 Å². The summed E-state index contributed by atoms with van der Waals surface area (Å²) in [6.45, 7) is 5.50. The Bertz CT molecular complexity index is 1750. The van der Waals surface area contributed by atoms with Crippen molar-refractivity contribution in [3.05, 3.63) is 83.2 Å². The van der Waals surface area contributed by atoms with Crippen LogP contribution in [0.15, 0.2) is 66.2 Å². The second-order valence-electron chi connectivity index (χ2n) is 11.9. The molecule has 2 amide bonds. The molecule has 0 saturated heterocycles. The zero-order chi connectivity index (χ0) is 34.6. The van der Waals surface area contributed by atoms with Crippen LogP contribution in [0, 0.1) is 5.41 Å². The number of guanidine groups is 1. The molecular weight excluding hydrogens is 646 g/mol. The molecule has 2 aromatic carbocycles. The number of benzene rings is 2. The van der Waals surface area contributed by atoms with Crippen LogP contribution in [-0.4, -0.2) is 54.0 Å². The Labute approximate surface area is 272 Å². The second kappa shape index (κ2) is 14.2. The van der Waals surface area contributed by atoms with Crippen molar-refractivity contribution in [1.29, 1.82) is 0 Å². The van der Waals surface area contributed by atoms with Crippen molar-refractivity contribution >= 4 is 29.6 Å². The number of hydrogen-bond acceptors (Lipinski definition) is 8. The largest absolute Gasteiger partial charge is 0.447 e. The quantitative estimate of drug-likeness (QED) is 0.199. The van der Waals surface area contributed by atoms with Gasteiger partial charge in [0, 0.05) is 11.8 Å². The third-order valence-corrected chi connectivity index (χ3v) is 6.71. The Morgan fingerprint density at radius 3 is 2.28 bits per heavy atom. The molecule has 0 radical (unpaired) electrons. The Hall–Kier alpha value is -4.99. The summed E-state index contributed by atoms with van der Waals surface area (Å²) in [6, 6.07) is 8.47. The lowest BCUT2D eigenvalue weighted by atomic mass is 10.0. The summed E-state index contributed by atoms with van der Waals surface area (Å²) in [6.07, 6.45) is -0.682. The summed E-state index contributed by atoms with van der Waals surface area (Å²) in [7, 11) is 0. The first-order valence-electron chi connectivity index (χ1n) is 14.0. The lowest BCUT2D eigenvalue weighted by Gasteiger charge is -2.28. The van der Waals surface area contributed by atoms with E-state index in [0.29, 0.717) is 26.8 Å². The van der Waals surface area contributed by atoms with E-state index >= 15 is 0 Å². The highest BCUT2D eigenvalue weighted by molar-refractivity contribution is 6.32. The Morgan fingerprint density at radius 1 is 1.04 bits per heavy atom. The van der Waals surface area contributed by atoms with Gasteiger partial charge in [0.15, 0.2) is 17.8 Å². The molecule has 0 bridgehead atoms. The number of aliphatic imine (C=N–C) groups is 1. The Morgan fingerprint density at radius 2 is 1.70 bits per heavy atom. The van der Waals surface area contributed by atoms with Crippen LogP contribution in [0.1, 0.15) is 69.7 Å². The molecule has 5 rings (SSSR count). The number of carbonyl (C=O) groups is 2. The van der Waals surface area contributed by atoms with Gasteiger partial charge in [-0.1, -0.05) is 69.6 Å². The maximum atomic E-state index is 13.6. The zero-order valence-electron chi connectivity index (χ0n) is 25.7. The number of primary amides is 1. The zero-order valence-corrected chi connectivity index (χ0v) is 26.4. The topological polar surface area (TPSA) is 160 Å². The van der Waals surface area contributed by atoms with Gasteiger partial charge in [0.25, 0.3) is 12.3 Å². The predicted octanol–water partition coefficient (Wildman–Crippen LogP) is 6.20. The number of amides is 2. The van der Waals surface area contributed by atoms with E-state index < -0.39 is 49.5 Å². The number of nitrogens with zero attached hydrogens (tertiary/aromatic N) is 7.